The standard InChI is InChI=1S/C21H25N3O2S/c1-14(2)27(25,26)24-18-8-6-5-7-16(18)20-12-21(3,4)17-11-15(13-22)9-10-19(17)23-20/h5-11,14,20,23-24H,12H2,1-4H3. The molecule has 0 aliphatic carbocycles. The van der Waals surface area contributed by atoms with Crippen molar-refractivity contribution in [1.29, 1.82) is 5.26 Å². The Morgan fingerprint density at radius 1 is 1.22 bits per heavy atom. The third-order valence-corrected chi connectivity index (χ3v) is 6.88. The molecule has 0 amide bonds. The van der Waals surface area contributed by atoms with Crippen LogP contribution in [0.15, 0.2) is 42.5 Å². The van der Waals surface area contributed by atoms with Crippen molar-refractivity contribution in [2.24, 2.45) is 0 Å². The van der Waals surface area contributed by atoms with E-state index in [4.69, 9.17) is 0 Å². The molecule has 0 bridgehead atoms. The van der Waals surface area contributed by atoms with Gasteiger partial charge in [0.2, 0.25) is 10.0 Å². The summed E-state index contributed by atoms with van der Waals surface area (Å²) in [5.41, 5.74) is 4.12. The molecule has 2 aromatic carbocycles. The van der Waals surface area contributed by atoms with E-state index in [9.17, 15) is 13.7 Å². The SMILES string of the molecule is CC(C)S(=O)(=O)Nc1ccccc1C1CC(C)(C)c2cc(C#N)ccc2N1. The van der Waals surface area contributed by atoms with Gasteiger partial charge < -0.3 is 5.32 Å². The van der Waals surface area contributed by atoms with Gasteiger partial charge in [0.25, 0.3) is 0 Å². The number of rotatable bonds is 4. The Morgan fingerprint density at radius 2 is 1.93 bits per heavy atom. The minimum absolute atomic E-state index is 0.0357. The van der Waals surface area contributed by atoms with E-state index in [2.05, 4.69) is 30.0 Å². The van der Waals surface area contributed by atoms with Crippen LogP contribution in [0.1, 0.15) is 56.8 Å². The highest BCUT2D eigenvalue weighted by molar-refractivity contribution is 7.93. The average Bonchev–Trinajstić information content (AvgIpc) is 2.61. The predicted octanol–water partition coefficient (Wildman–Crippen LogP) is 4.54. The molecule has 6 heteroatoms. The number of para-hydroxylation sites is 1. The molecule has 3 rings (SSSR count). The molecule has 1 unspecified atom stereocenters. The fourth-order valence-electron chi connectivity index (χ4n) is 3.51. The highest BCUT2D eigenvalue weighted by atomic mass is 32.2. The van der Waals surface area contributed by atoms with E-state index < -0.39 is 15.3 Å². The smallest absolute Gasteiger partial charge is 0.235 e. The van der Waals surface area contributed by atoms with Crippen molar-refractivity contribution < 1.29 is 8.42 Å². The van der Waals surface area contributed by atoms with Crippen molar-refractivity contribution in [2.75, 3.05) is 10.0 Å². The second-order valence-corrected chi connectivity index (χ2v) is 10.2. The van der Waals surface area contributed by atoms with Gasteiger partial charge in [0, 0.05) is 5.69 Å². The monoisotopic (exact) mass is 383 g/mol. The Kier molecular flexibility index (Phi) is 4.92. The van der Waals surface area contributed by atoms with Gasteiger partial charge >= 0.3 is 0 Å². The Balaban J connectivity index is 2.00. The van der Waals surface area contributed by atoms with Crippen molar-refractivity contribution in [1.82, 2.24) is 0 Å². The van der Waals surface area contributed by atoms with Gasteiger partial charge in [-0.1, -0.05) is 32.0 Å². The van der Waals surface area contributed by atoms with Gasteiger partial charge in [0.15, 0.2) is 0 Å². The van der Waals surface area contributed by atoms with Gasteiger partial charge in [-0.25, -0.2) is 8.42 Å². The van der Waals surface area contributed by atoms with Crippen molar-refractivity contribution in [3.8, 4) is 6.07 Å². The first-order chi connectivity index (χ1) is 12.6. The van der Waals surface area contributed by atoms with Gasteiger partial charge in [-0.3, -0.25) is 4.72 Å². The highest BCUT2D eigenvalue weighted by Crippen LogP contribution is 2.45. The number of hydrogen-bond acceptors (Lipinski definition) is 4. The molecule has 0 radical (unpaired) electrons. The average molecular weight is 384 g/mol. The Labute approximate surface area is 161 Å². The summed E-state index contributed by atoms with van der Waals surface area (Å²) in [5, 5.41) is 12.2. The van der Waals surface area contributed by atoms with Crippen molar-refractivity contribution in [3.63, 3.8) is 0 Å². The van der Waals surface area contributed by atoms with Gasteiger partial charge in [-0.15, -0.1) is 0 Å². The fourth-order valence-corrected chi connectivity index (χ4v) is 4.24. The molecule has 0 fully saturated rings. The molecule has 1 heterocycles. The van der Waals surface area contributed by atoms with Crippen molar-refractivity contribution in [2.45, 2.75) is 50.8 Å². The van der Waals surface area contributed by atoms with Crippen LogP contribution in [0.4, 0.5) is 11.4 Å². The first-order valence-corrected chi connectivity index (χ1v) is 10.6. The van der Waals surface area contributed by atoms with Crippen LogP contribution < -0.4 is 10.0 Å². The zero-order chi connectivity index (χ0) is 19.8. The zero-order valence-corrected chi connectivity index (χ0v) is 16.9. The maximum Gasteiger partial charge on any atom is 0.235 e. The van der Waals surface area contributed by atoms with Crippen molar-refractivity contribution >= 4 is 21.4 Å². The van der Waals surface area contributed by atoms with Crippen LogP contribution in [0.25, 0.3) is 0 Å². The van der Waals surface area contributed by atoms with E-state index in [1.54, 1.807) is 26.0 Å². The van der Waals surface area contributed by atoms with Gasteiger partial charge in [0.05, 0.1) is 28.6 Å². The molecular formula is C21H25N3O2S. The summed E-state index contributed by atoms with van der Waals surface area (Å²) < 4.78 is 27.5. The normalized spacial score (nSPS) is 18.3. The van der Waals surface area contributed by atoms with Crippen LogP contribution in [-0.2, 0) is 15.4 Å². The van der Waals surface area contributed by atoms with Gasteiger partial charge in [0.1, 0.15) is 0 Å². The third kappa shape index (κ3) is 3.79. The molecule has 0 saturated heterocycles. The molecule has 142 valence electrons. The van der Waals surface area contributed by atoms with Gasteiger partial charge in [-0.05, 0) is 61.1 Å². The molecule has 1 aliphatic heterocycles. The molecule has 0 spiro atoms. The van der Waals surface area contributed by atoms with E-state index in [1.807, 2.05) is 30.3 Å². The predicted molar refractivity (Wildman–Crippen MR) is 109 cm³/mol. The molecule has 2 N–H and O–H groups in total. The van der Waals surface area contributed by atoms with Gasteiger partial charge in [-0.2, -0.15) is 5.26 Å². The first kappa shape index (κ1) is 19.2. The van der Waals surface area contributed by atoms with Crippen molar-refractivity contribution in [3.05, 3.63) is 59.2 Å². The molecule has 1 atom stereocenters. The summed E-state index contributed by atoms with van der Waals surface area (Å²) in [5.74, 6) is 0. The lowest BCUT2D eigenvalue weighted by molar-refractivity contribution is 0.427. The second kappa shape index (κ2) is 6.90. The summed E-state index contributed by atoms with van der Waals surface area (Å²) in [6, 6.07) is 15.4. The molecule has 2 aromatic rings. The Morgan fingerprint density at radius 3 is 2.59 bits per heavy atom. The van der Waals surface area contributed by atoms with Crippen LogP contribution >= 0.6 is 0 Å². The van der Waals surface area contributed by atoms with E-state index in [-0.39, 0.29) is 11.5 Å². The Hall–Kier alpha value is -2.52. The summed E-state index contributed by atoms with van der Waals surface area (Å²) >= 11 is 0. The summed E-state index contributed by atoms with van der Waals surface area (Å²) in [6.07, 6.45) is 0.787. The quantitative estimate of drug-likeness (QED) is 0.812. The largest absolute Gasteiger partial charge is 0.378 e. The second-order valence-electron chi connectivity index (χ2n) is 7.94. The van der Waals surface area contributed by atoms with E-state index in [0.717, 1.165) is 23.2 Å². The molecule has 1 aliphatic rings. The molecule has 0 saturated carbocycles. The number of benzene rings is 2. The van der Waals surface area contributed by atoms with Crippen LogP contribution in [0.2, 0.25) is 0 Å². The fraction of sp³-hybridized carbons (Fsp3) is 0.381. The number of sulfonamides is 1. The first-order valence-electron chi connectivity index (χ1n) is 9.06. The number of fused-ring (bicyclic) bond motifs is 1. The van der Waals surface area contributed by atoms with E-state index in [0.29, 0.717) is 11.3 Å². The van der Waals surface area contributed by atoms with Crippen LogP contribution in [0, 0.1) is 11.3 Å². The number of nitrogens with zero attached hydrogens (tertiary/aromatic N) is 1. The zero-order valence-electron chi connectivity index (χ0n) is 16.1. The van der Waals surface area contributed by atoms with Crippen LogP contribution in [0.3, 0.4) is 0 Å². The van der Waals surface area contributed by atoms with E-state index >= 15 is 0 Å². The van der Waals surface area contributed by atoms with E-state index in [1.165, 1.54) is 0 Å². The number of nitriles is 1. The topological polar surface area (TPSA) is 82.0 Å². The summed E-state index contributed by atoms with van der Waals surface area (Å²) in [6.45, 7) is 7.63. The minimum Gasteiger partial charge on any atom is -0.378 e. The molecule has 0 aromatic heterocycles. The van der Waals surface area contributed by atoms with Crippen LogP contribution in [0.5, 0.6) is 0 Å². The number of nitrogens with one attached hydrogen (secondary N) is 2. The third-order valence-electron chi connectivity index (χ3n) is 5.13. The lowest BCUT2D eigenvalue weighted by Gasteiger charge is -2.39. The number of hydrogen-bond donors (Lipinski definition) is 2. The summed E-state index contributed by atoms with van der Waals surface area (Å²) in [4.78, 5) is 0. The molecule has 5 nitrogen and oxygen atoms in total. The maximum absolute atomic E-state index is 12.4. The molecule has 27 heavy (non-hydrogen) atoms. The number of anilines is 2. The minimum atomic E-state index is -3.42. The summed E-state index contributed by atoms with van der Waals surface area (Å²) in [7, 11) is -3.42. The maximum atomic E-state index is 12.4. The lowest BCUT2D eigenvalue weighted by Crippen LogP contribution is -2.32. The lowest BCUT2D eigenvalue weighted by atomic mass is 9.73. The highest BCUT2D eigenvalue weighted by Gasteiger charge is 2.34. The molecular weight excluding hydrogens is 358 g/mol. The van der Waals surface area contributed by atoms with Crippen LogP contribution in [-0.4, -0.2) is 13.7 Å². The Bertz CT molecular complexity index is 1000.